The molecule has 0 radical (unpaired) electrons. The van der Waals surface area contributed by atoms with E-state index in [1.807, 2.05) is 23.8 Å². The normalized spacial score (nSPS) is 21.2. The predicted octanol–water partition coefficient (Wildman–Crippen LogP) is 2.31. The highest BCUT2D eigenvalue weighted by Crippen LogP contribution is 2.27. The summed E-state index contributed by atoms with van der Waals surface area (Å²) in [7, 11) is 1.38. The summed E-state index contributed by atoms with van der Waals surface area (Å²) in [5.41, 5.74) is 0.674. The van der Waals surface area contributed by atoms with E-state index >= 15 is 0 Å². The van der Waals surface area contributed by atoms with Crippen LogP contribution in [0.4, 0.5) is 0 Å². The zero-order chi connectivity index (χ0) is 16.4. The van der Waals surface area contributed by atoms with E-state index in [4.69, 9.17) is 13.9 Å². The minimum atomic E-state index is -0.377. The summed E-state index contributed by atoms with van der Waals surface area (Å²) >= 11 is 1.59. The summed E-state index contributed by atoms with van der Waals surface area (Å²) in [6.45, 7) is 2.80. The first-order chi connectivity index (χ1) is 11.1. The molecule has 0 spiro atoms. The largest absolute Gasteiger partial charge is 0.490 e. The molecule has 0 N–H and O–H groups in total. The van der Waals surface area contributed by atoms with Crippen LogP contribution in [0.1, 0.15) is 29.1 Å². The van der Waals surface area contributed by atoms with Gasteiger partial charge in [0.1, 0.15) is 12.4 Å². The van der Waals surface area contributed by atoms with Crippen LogP contribution in [-0.2, 0) is 4.74 Å². The third kappa shape index (κ3) is 3.30. The molecule has 1 aliphatic rings. The molecular formula is C16H17NO5S. The maximum atomic E-state index is 12.6. The van der Waals surface area contributed by atoms with E-state index in [0.29, 0.717) is 13.1 Å². The van der Waals surface area contributed by atoms with Crippen molar-refractivity contribution in [3.63, 3.8) is 0 Å². The van der Waals surface area contributed by atoms with E-state index < -0.39 is 0 Å². The Balaban J connectivity index is 1.81. The van der Waals surface area contributed by atoms with Crippen LogP contribution >= 0.6 is 11.3 Å². The van der Waals surface area contributed by atoms with Gasteiger partial charge in [-0.05, 0) is 29.3 Å². The number of methoxy groups -OCH3 is 1. The van der Waals surface area contributed by atoms with Gasteiger partial charge in [-0.3, -0.25) is 9.59 Å². The summed E-state index contributed by atoms with van der Waals surface area (Å²) in [6.07, 6.45) is 0.900. The number of hydrogen-bond acceptors (Lipinski definition) is 6. The first kappa shape index (κ1) is 15.8. The van der Waals surface area contributed by atoms with Gasteiger partial charge in [-0.15, -0.1) is 0 Å². The van der Waals surface area contributed by atoms with E-state index in [1.165, 1.54) is 13.2 Å². The van der Waals surface area contributed by atoms with Gasteiger partial charge < -0.3 is 18.8 Å². The van der Waals surface area contributed by atoms with Crippen LogP contribution in [0.5, 0.6) is 5.75 Å². The fourth-order valence-electron chi connectivity index (χ4n) is 2.58. The molecule has 6 nitrogen and oxygen atoms in total. The summed E-state index contributed by atoms with van der Waals surface area (Å²) in [5.74, 6) is -0.234. The smallest absolute Gasteiger partial charge is 0.289 e. The molecule has 1 amide bonds. The maximum absolute atomic E-state index is 12.6. The molecule has 0 bridgehead atoms. The first-order valence-electron chi connectivity index (χ1n) is 7.22. The van der Waals surface area contributed by atoms with Crippen molar-refractivity contribution in [2.24, 2.45) is 0 Å². The monoisotopic (exact) mass is 335 g/mol. The number of nitrogens with zero attached hydrogens (tertiary/aromatic N) is 1. The third-order valence-corrected chi connectivity index (χ3v) is 4.39. The highest BCUT2D eigenvalue weighted by Gasteiger charge is 2.31. The van der Waals surface area contributed by atoms with Crippen LogP contribution in [0.2, 0.25) is 0 Å². The number of amides is 1. The van der Waals surface area contributed by atoms with Gasteiger partial charge in [0.15, 0.2) is 5.76 Å². The fourth-order valence-corrected chi connectivity index (χ4v) is 3.28. The number of ether oxygens (including phenoxy) is 2. The number of morpholine rings is 1. The van der Waals surface area contributed by atoms with Gasteiger partial charge in [0.05, 0.1) is 19.8 Å². The maximum Gasteiger partial charge on any atom is 0.289 e. The van der Waals surface area contributed by atoms with Gasteiger partial charge in [-0.1, -0.05) is 0 Å². The summed E-state index contributed by atoms with van der Waals surface area (Å²) in [5, 5.41) is 3.99. The number of hydrogen-bond donors (Lipinski definition) is 0. The van der Waals surface area contributed by atoms with Gasteiger partial charge in [0, 0.05) is 12.6 Å². The van der Waals surface area contributed by atoms with Crippen molar-refractivity contribution in [3.05, 3.63) is 50.7 Å². The Morgan fingerprint density at radius 2 is 2.26 bits per heavy atom. The molecule has 122 valence electrons. The summed E-state index contributed by atoms with van der Waals surface area (Å²) < 4.78 is 16.0. The lowest BCUT2D eigenvalue weighted by Gasteiger charge is -2.36. The van der Waals surface area contributed by atoms with Gasteiger partial charge in [0.2, 0.25) is 11.2 Å². The van der Waals surface area contributed by atoms with Crippen LogP contribution in [0.25, 0.3) is 0 Å². The molecule has 7 heteroatoms. The molecule has 0 unspecified atom stereocenters. The second kappa shape index (κ2) is 6.55. The molecule has 23 heavy (non-hydrogen) atoms. The Morgan fingerprint density at radius 1 is 1.43 bits per heavy atom. The lowest BCUT2D eigenvalue weighted by atomic mass is 10.1. The highest BCUT2D eigenvalue weighted by atomic mass is 32.1. The Labute approximate surface area is 137 Å². The van der Waals surface area contributed by atoms with Crippen LogP contribution in [0.3, 0.4) is 0 Å². The molecule has 2 aromatic heterocycles. The van der Waals surface area contributed by atoms with Crippen molar-refractivity contribution in [3.8, 4) is 5.75 Å². The molecule has 0 saturated carbocycles. The van der Waals surface area contributed by atoms with Crippen molar-refractivity contribution in [1.82, 2.24) is 4.90 Å². The lowest BCUT2D eigenvalue weighted by molar-refractivity contribution is -0.0696. The number of thiophene rings is 1. The highest BCUT2D eigenvalue weighted by molar-refractivity contribution is 7.07. The van der Waals surface area contributed by atoms with Crippen molar-refractivity contribution < 1.29 is 18.7 Å². The molecule has 3 rings (SSSR count). The van der Waals surface area contributed by atoms with Crippen LogP contribution in [-0.4, -0.2) is 37.1 Å². The molecule has 1 saturated heterocycles. The van der Waals surface area contributed by atoms with Crippen molar-refractivity contribution in [2.75, 3.05) is 20.2 Å². The Bertz CT molecular complexity index is 739. The van der Waals surface area contributed by atoms with E-state index in [9.17, 15) is 9.59 Å². The van der Waals surface area contributed by atoms with Gasteiger partial charge >= 0.3 is 0 Å². The van der Waals surface area contributed by atoms with Gasteiger partial charge in [-0.25, -0.2) is 0 Å². The number of carbonyl (C=O) groups excluding carboxylic acids is 1. The molecule has 2 aromatic rings. The van der Waals surface area contributed by atoms with Crippen molar-refractivity contribution >= 4 is 17.2 Å². The van der Waals surface area contributed by atoms with E-state index in [-0.39, 0.29) is 35.1 Å². The first-order valence-corrected chi connectivity index (χ1v) is 8.16. The van der Waals surface area contributed by atoms with E-state index in [1.54, 1.807) is 16.2 Å². The average molecular weight is 335 g/mol. The molecular weight excluding hydrogens is 318 g/mol. The van der Waals surface area contributed by atoms with Gasteiger partial charge in [-0.2, -0.15) is 11.3 Å². The Morgan fingerprint density at radius 3 is 2.91 bits per heavy atom. The Kier molecular flexibility index (Phi) is 4.49. The standard InChI is InChI=1S/C16H17NO5S/c1-10-6-17(7-14(22-10)11-3-4-23-9-11)16(19)13-5-12(18)15(20-2)8-21-13/h3-5,8-10,14H,6-7H2,1-2H3/t10-,14-/m0/s1. The third-order valence-electron chi connectivity index (χ3n) is 3.69. The zero-order valence-electron chi connectivity index (χ0n) is 12.9. The van der Waals surface area contributed by atoms with E-state index in [2.05, 4.69) is 0 Å². The number of carbonyl (C=O) groups is 1. The molecule has 0 aliphatic carbocycles. The van der Waals surface area contributed by atoms with Crippen LogP contribution in [0.15, 0.2) is 38.4 Å². The number of rotatable bonds is 3. The minimum Gasteiger partial charge on any atom is -0.490 e. The zero-order valence-corrected chi connectivity index (χ0v) is 13.7. The van der Waals surface area contributed by atoms with Gasteiger partial charge in [0.25, 0.3) is 5.91 Å². The van der Waals surface area contributed by atoms with Crippen molar-refractivity contribution in [1.29, 1.82) is 0 Å². The van der Waals surface area contributed by atoms with Crippen LogP contribution in [0, 0.1) is 0 Å². The fraction of sp³-hybridized carbons (Fsp3) is 0.375. The predicted molar refractivity (Wildman–Crippen MR) is 85.0 cm³/mol. The second-order valence-corrected chi connectivity index (χ2v) is 6.16. The Hall–Kier alpha value is -2.12. The molecule has 2 atom stereocenters. The van der Waals surface area contributed by atoms with Crippen LogP contribution < -0.4 is 10.2 Å². The molecule has 0 aromatic carbocycles. The summed E-state index contributed by atoms with van der Waals surface area (Å²) in [4.78, 5) is 26.1. The van der Waals surface area contributed by atoms with Crippen molar-refractivity contribution in [2.45, 2.75) is 19.1 Å². The minimum absolute atomic E-state index is 0.00830. The quantitative estimate of drug-likeness (QED) is 0.861. The SMILES string of the molecule is COc1coc(C(=O)N2C[C@@H](c3ccsc3)O[C@@H](C)C2)cc1=O. The summed E-state index contributed by atoms with van der Waals surface area (Å²) in [6, 6.07) is 3.16. The topological polar surface area (TPSA) is 69.0 Å². The molecule has 1 aliphatic heterocycles. The van der Waals surface area contributed by atoms with E-state index in [0.717, 1.165) is 11.8 Å². The second-order valence-electron chi connectivity index (χ2n) is 5.38. The molecule has 3 heterocycles. The average Bonchev–Trinajstić information content (AvgIpc) is 3.08. The molecule has 1 fully saturated rings. The lowest BCUT2D eigenvalue weighted by Crippen LogP contribution is -2.46.